The Hall–Kier alpha value is -3.31. The van der Waals surface area contributed by atoms with Gasteiger partial charge in [0.05, 0.1) is 23.4 Å². The van der Waals surface area contributed by atoms with Crippen LogP contribution >= 0.6 is 11.6 Å². The van der Waals surface area contributed by atoms with Gasteiger partial charge in [-0.2, -0.15) is 13.2 Å². The third kappa shape index (κ3) is 6.86. The van der Waals surface area contributed by atoms with Crippen LogP contribution in [0.1, 0.15) is 29.3 Å². The molecule has 1 N–H and O–H groups in total. The minimum Gasteiger partial charge on any atom is -0.477 e. The summed E-state index contributed by atoms with van der Waals surface area (Å²) >= 11 is 5.81. The number of amides is 1. The van der Waals surface area contributed by atoms with Gasteiger partial charge in [-0.1, -0.05) is 18.5 Å². The Balaban J connectivity index is 2.10. The zero-order chi connectivity index (χ0) is 25.8. The summed E-state index contributed by atoms with van der Waals surface area (Å²) in [5, 5.41) is -0.547. The molecule has 0 fully saturated rings. The summed E-state index contributed by atoms with van der Waals surface area (Å²) in [6, 6.07) is 10.3. The Bertz CT molecular complexity index is 1350. The Kier molecular flexibility index (Phi) is 7.91. The predicted octanol–water partition coefficient (Wildman–Crippen LogP) is 5.69. The Labute approximate surface area is 204 Å². The maximum absolute atomic E-state index is 13.0. The molecule has 35 heavy (non-hydrogen) atoms. The maximum atomic E-state index is 13.0. The van der Waals surface area contributed by atoms with Crippen molar-refractivity contribution in [3.63, 3.8) is 0 Å². The molecule has 0 atom stereocenters. The third-order valence-electron chi connectivity index (χ3n) is 4.50. The number of benzene rings is 2. The molecule has 186 valence electrons. The molecule has 1 heterocycles. The van der Waals surface area contributed by atoms with Gasteiger partial charge < -0.3 is 9.47 Å². The molecule has 2 aromatic carbocycles. The first kappa shape index (κ1) is 26.3. The number of hydrogen-bond acceptors (Lipinski definition) is 6. The van der Waals surface area contributed by atoms with E-state index in [4.69, 9.17) is 21.1 Å². The first-order valence-corrected chi connectivity index (χ1v) is 12.4. The van der Waals surface area contributed by atoms with Gasteiger partial charge in [0.2, 0.25) is 15.9 Å². The van der Waals surface area contributed by atoms with Gasteiger partial charge in [-0.15, -0.1) is 0 Å². The van der Waals surface area contributed by atoms with E-state index in [0.717, 1.165) is 24.5 Å². The normalized spacial score (nSPS) is 11.7. The maximum Gasteiger partial charge on any atom is 0.417 e. The molecule has 1 amide bonds. The zero-order valence-electron chi connectivity index (χ0n) is 18.5. The molecule has 0 aliphatic heterocycles. The fourth-order valence-electron chi connectivity index (χ4n) is 3.02. The van der Waals surface area contributed by atoms with Crippen LogP contribution in [0, 0.1) is 0 Å². The van der Waals surface area contributed by atoms with Crippen molar-refractivity contribution < 1.29 is 35.9 Å². The predicted molar refractivity (Wildman–Crippen MR) is 124 cm³/mol. The quantitative estimate of drug-likeness (QED) is 0.403. The monoisotopic (exact) mass is 528 g/mol. The van der Waals surface area contributed by atoms with Crippen LogP contribution < -0.4 is 14.2 Å². The Morgan fingerprint density at radius 3 is 2.49 bits per heavy atom. The van der Waals surface area contributed by atoms with Crippen molar-refractivity contribution >= 4 is 27.5 Å². The first-order chi connectivity index (χ1) is 16.4. The molecule has 12 heteroatoms. The number of pyridine rings is 1. The van der Waals surface area contributed by atoms with Crippen molar-refractivity contribution in [2.45, 2.75) is 19.5 Å². The minimum atomic E-state index is -4.63. The van der Waals surface area contributed by atoms with Gasteiger partial charge in [0.15, 0.2) is 0 Å². The standard InChI is InChI=1S/C23H20ClF3N2O5S/c1-3-11-33-22-16(5-4-10-28-22)17-12-14(21(30)29-35(2,31)32)6-9-20(17)34-15-7-8-18(19(24)13-15)23(25,26)27/h4-10,12-13H,3,11H2,1-2H3,(H,29,30). The highest BCUT2D eigenvalue weighted by Gasteiger charge is 2.33. The Morgan fingerprint density at radius 2 is 1.86 bits per heavy atom. The molecule has 3 rings (SSSR count). The molecule has 0 saturated heterocycles. The number of sulfonamides is 1. The van der Waals surface area contributed by atoms with E-state index in [9.17, 15) is 26.4 Å². The highest BCUT2D eigenvalue weighted by atomic mass is 35.5. The number of carbonyl (C=O) groups excluding carboxylic acids is 1. The molecule has 0 bridgehead atoms. The van der Waals surface area contributed by atoms with Crippen molar-refractivity contribution in [2.75, 3.05) is 12.9 Å². The van der Waals surface area contributed by atoms with Crippen LogP contribution in [-0.4, -0.2) is 32.2 Å². The van der Waals surface area contributed by atoms with Crippen molar-refractivity contribution in [1.29, 1.82) is 0 Å². The molecule has 0 unspecified atom stereocenters. The lowest BCUT2D eigenvalue weighted by molar-refractivity contribution is -0.137. The highest BCUT2D eigenvalue weighted by Crippen LogP contribution is 2.41. The van der Waals surface area contributed by atoms with E-state index in [1.165, 1.54) is 24.4 Å². The number of rotatable bonds is 8. The number of aromatic nitrogens is 1. The summed E-state index contributed by atoms with van der Waals surface area (Å²) in [6.45, 7) is 2.25. The van der Waals surface area contributed by atoms with E-state index < -0.39 is 32.7 Å². The summed E-state index contributed by atoms with van der Waals surface area (Å²) in [5.74, 6) is -0.494. The second kappa shape index (κ2) is 10.5. The summed E-state index contributed by atoms with van der Waals surface area (Å²) in [4.78, 5) is 16.7. The average molecular weight is 529 g/mol. The second-order valence-corrected chi connectivity index (χ2v) is 9.52. The lowest BCUT2D eigenvalue weighted by atomic mass is 10.0. The molecule has 0 aliphatic carbocycles. The number of alkyl halides is 3. The summed E-state index contributed by atoms with van der Waals surface area (Å²) < 4.78 is 75.5. The summed E-state index contributed by atoms with van der Waals surface area (Å²) in [7, 11) is -3.82. The highest BCUT2D eigenvalue weighted by molar-refractivity contribution is 7.89. The van der Waals surface area contributed by atoms with E-state index in [-0.39, 0.29) is 22.9 Å². The number of nitrogens with zero attached hydrogens (tertiary/aromatic N) is 1. The number of halogens is 4. The molecule has 0 spiro atoms. The average Bonchev–Trinajstić information content (AvgIpc) is 2.76. The van der Waals surface area contributed by atoms with Gasteiger partial charge >= 0.3 is 6.18 Å². The Morgan fingerprint density at radius 1 is 1.11 bits per heavy atom. The summed E-state index contributed by atoms with van der Waals surface area (Å²) in [6.07, 6.45) is -1.59. The largest absolute Gasteiger partial charge is 0.477 e. The van der Waals surface area contributed by atoms with E-state index >= 15 is 0 Å². The lowest BCUT2D eigenvalue weighted by Gasteiger charge is -2.16. The van der Waals surface area contributed by atoms with Gasteiger partial charge in [0, 0.05) is 29.0 Å². The number of carbonyl (C=O) groups is 1. The van der Waals surface area contributed by atoms with E-state index in [0.29, 0.717) is 24.2 Å². The van der Waals surface area contributed by atoms with Crippen LogP contribution in [0.5, 0.6) is 17.4 Å². The topological polar surface area (TPSA) is 94.6 Å². The fourth-order valence-corrected chi connectivity index (χ4v) is 3.76. The van der Waals surface area contributed by atoms with Crippen molar-refractivity contribution in [2.24, 2.45) is 0 Å². The van der Waals surface area contributed by atoms with E-state index in [1.807, 2.05) is 11.6 Å². The molecule has 0 aliphatic rings. The first-order valence-electron chi connectivity index (χ1n) is 10.2. The second-order valence-electron chi connectivity index (χ2n) is 7.36. The number of nitrogens with one attached hydrogen (secondary N) is 1. The van der Waals surface area contributed by atoms with Gasteiger partial charge in [-0.25, -0.2) is 18.1 Å². The van der Waals surface area contributed by atoms with Crippen LogP contribution in [0.3, 0.4) is 0 Å². The molecule has 7 nitrogen and oxygen atoms in total. The van der Waals surface area contributed by atoms with Gasteiger partial charge in [0.25, 0.3) is 5.91 Å². The SMILES string of the molecule is CCCOc1ncccc1-c1cc(C(=O)NS(C)(=O)=O)ccc1Oc1ccc(C(F)(F)F)c(Cl)c1. The van der Waals surface area contributed by atoms with Crippen LogP contribution in [0.2, 0.25) is 5.02 Å². The lowest BCUT2D eigenvalue weighted by Crippen LogP contribution is -2.29. The molecule has 1 aromatic heterocycles. The van der Waals surface area contributed by atoms with Crippen molar-refractivity contribution in [3.05, 3.63) is 70.9 Å². The van der Waals surface area contributed by atoms with Gasteiger partial charge in [-0.05, 0) is 48.9 Å². The van der Waals surface area contributed by atoms with Gasteiger partial charge in [-0.3, -0.25) is 4.79 Å². The molecule has 3 aromatic rings. The van der Waals surface area contributed by atoms with Crippen LogP contribution in [0.15, 0.2) is 54.7 Å². The third-order valence-corrected chi connectivity index (χ3v) is 5.37. The molecular formula is C23H20ClF3N2O5S. The van der Waals surface area contributed by atoms with E-state index in [2.05, 4.69) is 4.98 Å². The molecular weight excluding hydrogens is 509 g/mol. The fraction of sp³-hybridized carbons (Fsp3) is 0.217. The van der Waals surface area contributed by atoms with Crippen molar-refractivity contribution in [3.8, 4) is 28.5 Å². The molecule has 0 saturated carbocycles. The number of ether oxygens (including phenoxy) is 2. The number of hydrogen-bond donors (Lipinski definition) is 1. The zero-order valence-corrected chi connectivity index (χ0v) is 20.1. The summed E-state index contributed by atoms with van der Waals surface area (Å²) in [5.41, 5.74) is -0.306. The smallest absolute Gasteiger partial charge is 0.417 e. The van der Waals surface area contributed by atoms with E-state index in [1.54, 1.807) is 12.1 Å². The van der Waals surface area contributed by atoms with Crippen LogP contribution in [0.25, 0.3) is 11.1 Å². The van der Waals surface area contributed by atoms with Crippen LogP contribution in [-0.2, 0) is 16.2 Å². The minimum absolute atomic E-state index is 0.00600. The van der Waals surface area contributed by atoms with Crippen LogP contribution in [0.4, 0.5) is 13.2 Å². The van der Waals surface area contributed by atoms with Gasteiger partial charge in [0.1, 0.15) is 11.5 Å². The van der Waals surface area contributed by atoms with Crippen molar-refractivity contribution in [1.82, 2.24) is 9.71 Å². The molecule has 0 radical (unpaired) electrons.